The molecule has 0 aromatic heterocycles. The van der Waals surface area contributed by atoms with Crippen LogP contribution in [0.1, 0.15) is 37.3 Å². The molecule has 2 aliphatic rings. The number of Topliss-reactive ketones (excluding diaryl/α,β-unsaturated/α-hetero) is 1. The van der Waals surface area contributed by atoms with Crippen LogP contribution in [0.15, 0.2) is 54.6 Å². The van der Waals surface area contributed by atoms with Crippen molar-refractivity contribution in [1.29, 1.82) is 0 Å². The molecular weight excluding hydrogens is 458 g/mol. The van der Waals surface area contributed by atoms with Gasteiger partial charge in [0.05, 0.1) is 19.3 Å². The molecule has 1 aliphatic heterocycles. The van der Waals surface area contributed by atoms with E-state index in [4.69, 9.17) is 4.74 Å². The van der Waals surface area contributed by atoms with E-state index in [1.807, 2.05) is 49.4 Å². The Kier molecular flexibility index (Phi) is 8.06. The number of aliphatic hydroxyl groups excluding tert-OH is 1. The fourth-order valence-electron chi connectivity index (χ4n) is 4.61. The monoisotopic (exact) mass is 493 g/mol. The zero-order valence-corrected chi connectivity index (χ0v) is 20.8. The first-order valence-corrected chi connectivity index (χ1v) is 12.5. The molecule has 2 aromatic carbocycles. The van der Waals surface area contributed by atoms with Gasteiger partial charge in [0.25, 0.3) is 0 Å². The average molecular weight is 494 g/mol. The second kappa shape index (κ2) is 11.2. The van der Waals surface area contributed by atoms with Crippen molar-refractivity contribution in [1.82, 2.24) is 16.0 Å². The fraction of sp³-hybridized carbons (Fsp3) is 0.464. The third kappa shape index (κ3) is 6.30. The maximum absolute atomic E-state index is 13.6. The molecule has 4 atom stereocenters. The van der Waals surface area contributed by atoms with E-state index < -0.39 is 41.5 Å². The van der Waals surface area contributed by atoms with Crippen molar-refractivity contribution in [3.05, 3.63) is 65.7 Å². The molecule has 2 fully saturated rings. The molecule has 4 N–H and O–H groups in total. The number of ketones is 1. The molecule has 2 amide bonds. The lowest BCUT2D eigenvalue weighted by molar-refractivity contribution is -0.133. The first-order chi connectivity index (χ1) is 17.3. The Morgan fingerprint density at radius 1 is 1.00 bits per heavy atom. The van der Waals surface area contributed by atoms with E-state index >= 15 is 0 Å². The van der Waals surface area contributed by atoms with Gasteiger partial charge in [0.2, 0.25) is 11.8 Å². The first-order valence-electron chi connectivity index (χ1n) is 12.5. The minimum Gasteiger partial charge on any atom is -0.497 e. The molecule has 1 aliphatic carbocycles. The molecular formula is C28H35N3O5. The molecule has 192 valence electrons. The minimum absolute atomic E-state index is 0.0158. The van der Waals surface area contributed by atoms with E-state index in [-0.39, 0.29) is 12.2 Å². The second-order valence-corrected chi connectivity index (χ2v) is 10.1. The van der Waals surface area contributed by atoms with Gasteiger partial charge in [0, 0.05) is 11.8 Å². The number of hydrogen-bond donors (Lipinski definition) is 4. The zero-order valence-electron chi connectivity index (χ0n) is 20.8. The number of benzene rings is 2. The van der Waals surface area contributed by atoms with Gasteiger partial charge in [-0.1, -0.05) is 49.4 Å². The summed E-state index contributed by atoms with van der Waals surface area (Å²) in [6, 6.07) is 14.5. The number of ether oxygens (including phenoxy) is 1. The van der Waals surface area contributed by atoms with E-state index in [0.717, 1.165) is 24.0 Å². The molecule has 4 rings (SSSR count). The summed E-state index contributed by atoms with van der Waals surface area (Å²) in [5.74, 6) is -0.158. The summed E-state index contributed by atoms with van der Waals surface area (Å²) in [7, 11) is 1.58. The number of amides is 2. The van der Waals surface area contributed by atoms with Crippen LogP contribution < -0.4 is 20.7 Å². The summed E-state index contributed by atoms with van der Waals surface area (Å²) in [5.41, 5.74) is 1.37. The SMILES string of the molecule is COc1ccc(C[C@H](NC(=O)[C@H]2NCC[C@H]2O)C(=O)N[C@@H](Cc2ccccc2)C(=O)C2(C)CC2)cc1. The van der Waals surface area contributed by atoms with Crippen molar-refractivity contribution >= 4 is 17.6 Å². The summed E-state index contributed by atoms with van der Waals surface area (Å²) < 4.78 is 5.22. The zero-order chi connectivity index (χ0) is 25.7. The number of carbonyl (C=O) groups excluding carboxylic acids is 3. The van der Waals surface area contributed by atoms with Crippen LogP contribution in [-0.2, 0) is 27.2 Å². The third-order valence-corrected chi connectivity index (χ3v) is 7.21. The maximum Gasteiger partial charge on any atom is 0.243 e. The lowest BCUT2D eigenvalue weighted by atomic mass is 9.92. The lowest BCUT2D eigenvalue weighted by Gasteiger charge is -2.26. The maximum atomic E-state index is 13.6. The predicted octanol–water partition coefficient (Wildman–Crippen LogP) is 1.54. The van der Waals surface area contributed by atoms with Gasteiger partial charge < -0.3 is 25.8 Å². The molecule has 0 bridgehead atoms. The molecule has 8 heteroatoms. The van der Waals surface area contributed by atoms with Crippen LogP contribution >= 0.6 is 0 Å². The molecule has 1 heterocycles. The molecule has 8 nitrogen and oxygen atoms in total. The van der Waals surface area contributed by atoms with Crippen molar-refractivity contribution in [2.24, 2.45) is 5.41 Å². The Bertz CT molecular complexity index is 1070. The van der Waals surface area contributed by atoms with Crippen molar-refractivity contribution in [3.8, 4) is 5.75 Å². The Labute approximate surface area is 211 Å². The second-order valence-electron chi connectivity index (χ2n) is 10.1. The van der Waals surface area contributed by atoms with E-state index in [1.54, 1.807) is 19.2 Å². The number of aliphatic hydroxyl groups is 1. The van der Waals surface area contributed by atoms with Crippen molar-refractivity contribution < 1.29 is 24.2 Å². The summed E-state index contributed by atoms with van der Waals surface area (Å²) in [6.07, 6.45) is 1.90. The highest BCUT2D eigenvalue weighted by molar-refractivity contribution is 5.97. The van der Waals surface area contributed by atoms with Crippen molar-refractivity contribution in [2.45, 2.75) is 63.3 Å². The predicted molar refractivity (Wildman–Crippen MR) is 135 cm³/mol. The number of methoxy groups -OCH3 is 1. The Morgan fingerprint density at radius 3 is 2.22 bits per heavy atom. The average Bonchev–Trinajstić information content (AvgIpc) is 3.49. The smallest absolute Gasteiger partial charge is 0.243 e. The normalized spacial score (nSPS) is 21.8. The van der Waals surface area contributed by atoms with Gasteiger partial charge in [-0.05, 0) is 55.5 Å². The van der Waals surface area contributed by atoms with Crippen LogP contribution in [0.25, 0.3) is 0 Å². The highest BCUT2D eigenvalue weighted by Crippen LogP contribution is 2.46. The quantitative estimate of drug-likeness (QED) is 0.377. The number of hydrogen-bond acceptors (Lipinski definition) is 6. The topological polar surface area (TPSA) is 117 Å². The van der Waals surface area contributed by atoms with Crippen LogP contribution in [0.5, 0.6) is 5.75 Å². The van der Waals surface area contributed by atoms with Gasteiger partial charge in [-0.2, -0.15) is 0 Å². The van der Waals surface area contributed by atoms with E-state index in [2.05, 4.69) is 16.0 Å². The summed E-state index contributed by atoms with van der Waals surface area (Å²) >= 11 is 0. The number of nitrogens with one attached hydrogen (secondary N) is 3. The van der Waals surface area contributed by atoms with Crippen LogP contribution in [-0.4, -0.2) is 60.6 Å². The first kappa shape index (κ1) is 25.9. The van der Waals surface area contributed by atoms with E-state index in [1.165, 1.54) is 0 Å². The van der Waals surface area contributed by atoms with Gasteiger partial charge in [0.1, 0.15) is 17.8 Å². The molecule has 0 radical (unpaired) electrons. The molecule has 1 saturated heterocycles. The highest BCUT2D eigenvalue weighted by Gasteiger charge is 2.48. The van der Waals surface area contributed by atoms with E-state index in [9.17, 15) is 19.5 Å². The molecule has 36 heavy (non-hydrogen) atoms. The van der Waals surface area contributed by atoms with Gasteiger partial charge >= 0.3 is 0 Å². The van der Waals surface area contributed by atoms with Gasteiger partial charge in [0.15, 0.2) is 5.78 Å². The number of rotatable bonds is 11. The molecule has 0 unspecified atom stereocenters. The third-order valence-electron chi connectivity index (χ3n) is 7.21. The van der Waals surface area contributed by atoms with Gasteiger partial charge in [-0.15, -0.1) is 0 Å². The Balaban J connectivity index is 1.53. The van der Waals surface area contributed by atoms with Crippen LogP contribution in [0, 0.1) is 5.41 Å². The largest absolute Gasteiger partial charge is 0.497 e. The van der Waals surface area contributed by atoms with Gasteiger partial charge in [-0.25, -0.2) is 0 Å². The number of carbonyl (C=O) groups is 3. The molecule has 2 aromatic rings. The summed E-state index contributed by atoms with van der Waals surface area (Å²) in [5, 5.41) is 18.9. The van der Waals surface area contributed by atoms with Crippen LogP contribution in [0.2, 0.25) is 0 Å². The minimum atomic E-state index is -0.918. The Hall–Kier alpha value is -3.23. The molecule has 1 saturated carbocycles. The van der Waals surface area contributed by atoms with Crippen molar-refractivity contribution in [3.63, 3.8) is 0 Å². The summed E-state index contributed by atoms with van der Waals surface area (Å²) in [6.45, 7) is 2.46. The van der Waals surface area contributed by atoms with Gasteiger partial charge in [-0.3, -0.25) is 14.4 Å². The van der Waals surface area contributed by atoms with Crippen LogP contribution in [0.3, 0.4) is 0 Å². The molecule has 0 spiro atoms. The standard InChI is InChI=1S/C28H35N3O5/c1-28(13-14-28)25(33)21(16-18-6-4-3-5-7-18)30-26(34)22(17-19-8-10-20(36-2)11-9-19)31-27(35)24-23(32)12-15-29-24/h3-11,21-24,29,32H,12-17H2,1-2H3,(H,30,34)(H,31,35)/t21-,22-,23+,24-/m0/s1. The Morgan fingerprint density at radius 2 is 1.64 bits per heavy atom. The lowest BCUT2D eigenvalue weighted by Crippen LogP contribution is -2.57. The van der Waals surface area contributed by atoms with Crippen molar-refractivity contribution in [2.75, 3.05) is 13.7 Å². The highest BCUT2D eigenvalue weighted by atomic mass is 16.5. The fourth-order valence-corrected chi connectivity index (χ4v) is 4.61. The van der Waals surface area contributed by atoms with Crippen LogP contribution in [0.4, 0.5) is 0 Å². The summed E-state index contributed by atoms with van der Waals surface area (Å²) in [4.78, 5) is 39.8. The van der Waals surface area contributed by atoms with E-state index in [0.29, 0.717) is 25.1 Å².